The molecule has 0 spiro atoms. The van der Waals surface area contributed by atoms with Gasteiger partial charge in [0.2, 0.25) is 0 Å². The van der Waals surface area contributed by atoms with E-state index in [-0.39, 0.29) is 11.6 Å². The van der Waals surface area contributed by atoms with Crippen molar-refractivity contribution >= 4 is 0 Å². The molecule has 0 saturated carbocycles. The van der Waals surface area contributed by atoms with Crippen LogP contribution in [0.3, 0.4) is 0 Å². The van der Waals surface area contributed by atoms with Crippen molar-refractivity contribution in [2.45, 2.75) is 57.7 Å². The van der Waals surface area contributed by atoms with E-state index >= 15 is 0 Å². The van der Waals surface area contributed by atoms with Crippen LogP contribution < -0.4 is 5.32 Å². The molecule has 70 valence electrons. The molecular weight excluding hydrogens is 150 g/mol. The number of fused-ring (bicyclic) bond motifs is 2. The average molecular weight is 169 g/mol. The van der Waals surface area contributed by atoms with Gasteiger partial charge in [-0.3, -0.25) is 0 Å². The van der Waals surface area contributed by atoms with E-state index in [0.29, 0.717) is 11.5 Å². The van der Waals surface area contributed by atoms with E-state index in [1.807, 2.05) is 0 Å². The van der Waals surface area contributed by atoms with Crippen LogP contribution in [-0.4, -0.2) is 22.8 Å². The molecule has 2 heteroatoms. The third kappa shape index (κ3) is 1.17. The Kier molecular flexibility index (Phi) is 1.59. The van der Waals surface area contributed by atoms with Crippen LogP contribution in [0.25, 0.3) is 0 Å². The Morgan fingerprint density at radius 2 is 2.00 bits per heavy atom. The highest BCUT2D eigenvalue weighted by molar-refractivity contribution is 5.09. The molecule has 3 unspecified atom stereocenters. The molecule has 2 aliphatic rings. The zero-order valence-electron chi connectivity index (χ0n) is 8.22. The molecule has 2 aliphatic heterocycles. The van der Waals surface area contributed by atoms with E-state index in [1.165, 1.54) is 6.42 Å². The number of aliphatic hydroxyl groups excluding tert-OH is 1. The monoisotopic (exact) mass is 169 g/mol. The van der Waals surface area contributed by atoms with E-state index in [0.717, 1.165) is 12.8 Å². The Balaban J connectivity index is 2.24. The molecule has 2 N–H and O–H groups in total. The summed E-state index contributed by atoms with van der Waals surface area (Å²) in [6.45, 7) is 6.83. The summed E-state index contributed by atoms with van der Waals surface area (Å²) in [5, 5.41) is 13.3. The van der Waals surface area contributed by atoms with Gasteiger partial charge in [-0.05, 0) is 31.6 Å². The maximum atomic E-state index is 9.65. The predicted octanol–water partition coefficient (Wildman–Crippen LogP) is 1.29. The van der Waals surface area contributed by atoms with E-state index in [2.05, 4.69) is 26.1 Å². The number of hydrogen-bond acceptors (Lipinski definition) is 2. The van der Waals surface area contributed by atoms with Crippen molar-refractivity contribution in [1.82, 2.24) is 5.32 Å². The van der Waals surface area contributed by atoms with E-state index in [9.17, 15) is 5.11 Å². The predicted molar refractivity (Wildman–Crippen MR) is 49.0 cm³/mol. The molecule has 12 heavy (non-hydrogen) atoms. The Labute approximate surface area is 74.4 Å². The lowest BCUT2D eigenvalue weighted by atomic mass is 9.82. The molecule has 3 atom stereocenters. The molecule has 0 aromatic carbocycles. The minimum atomic E-state index is -0.0805. The van der Waals surface area contributed by atoms with E-state index in [4.69, 9.17) is 0 Å². The first-order valence-electron chi connectivity index (χ1n) is 4.87. The van der Waals surface area contributed by atoms with Gasteiger partial charge in [-0.25, -0.2) is 0 Å². The topological polar surface area (TPSA) is 32.3 Å². The van der Waals surface area contributed by atoms with Gasteiger partial charge in [0.1, 0.15) is 0 Å². The molecule has 0 amide bonds. The quantitative estimate of drug-likeness (QED) is 0.572. The van der Waals surface area contributed by atoms with Gasteiger partial charge in [-0.2, -0.15) is 0 Å². The van der Waals surface area contributed by atoms with Crippen molar-refractivity contribution in [1.29, 1.82) is 0 Å². The van der Waals surface area contributed by atoms with Gasteiger partial charge in [-0.1, -0.05) is 13.8 Å². The van der Waals surface area contributed by atoms with Crippen LogP contribution in [-0.2, 0) is 0 Å². The lowest BCUT2D eigenvalue weighted by Gasteiger charge is -2.34. The zero-order chi connectivity index (χ0) is 8.98. The van der Waals surface area contributed by atoms with Gasteiger partial charge in [0.25, 0.3) is 0 Å². The summed E-state index contributed by atoms with van der Waals surface area (Å²) in [6.07, 6.45) is 2.97. The summed E-state index contributed by atoms with van der Waals surface area (Å²) in [7, 11) is 0. The molecular formula is C10H19NO. The summed E-state index contributed by atoms with van der Waals surface area (Å²) in [6, 6.07) is 0.520. The maximum Gasteiger partial charge on any atom is 0.0572 e. The highest BCUT2D eigenvalue weighted by atomic mass is 16.3. The van der Waals surface area contributed by atoms with Crippen LogP contribution in [0.1, 0.15) is 40.0 Å². The average Bonchev–Trinajstić information content (AvgIpc) is 1.96. The molecule has 2 saturated heterocycles. The Hall–Kier alpha value is -0.0800. The molecule has 0 radical (unpaired) electrons. The largest absolute Gasteiger partial charge is 0.393 e. The van der Waals surface area contributed by atoms with Gasteiger partial charge in [0, 0.05) is 11.6 Å². The Morgan fingerprint density at radius 3 is 2.58 bits per heavy atom. The van der Waals surface area contributed by atoms with Crippen LogP contribution in [0.5, 0.6) is 0 Å². The first kappa shape index (κ1) is 8.52. The van der Waals surface area contributed by atoms with Crippen LogP contribution in [0.15, 0.2) is 0 Å². The van der Waals surface area contributed by atoms with Crippen molar-refractivity contribution < 1.29 is 5.11 Å². The van der Waals surface area contributed by atoms with Gasteiger partial charge < -0.3 is 10.4 Å². The normalized spacial score (nSPS) is 51.0. The molecule has 0 aliphatic carbocycles. The van der Waals surface area contributed by atoms with Gasteiger partial charge in [-0.15, -0.1) is 0 Å². The number of rotatable bonds is 0. The third-order valence-electron chi connectivity index (χ3n) is 3.51. The lowest BCUT2D eigenvalue weighted by Crippen LogP contribution is -2.49. The third-order valence-corrected chi connectivity index (χ3v) is 3.51. The SMILES string of the molecule is CC12CC(O)CC(N1)C(C)(C)C2. The standard InChI is InChI=1S/C10H19NO/c1-9(2)6-10(3)5-7(12)4-8(9)11-10/h7-8,11-12H,4-6H2,1-3H3. The fraction of sp³-hybridized carbons (Fsp3) is 1.00. The second kappa shape index (κ2) is 2.24. The minimum absolute atomic E-state index is 0.0805. The highest BCUT2D eigenvalue weighted by Gasteiger charge is 2.51. The fourth-order valence-electron chi connectivity index (χ4n) is 3.18. The second-order valence-electron chi connectivity index (χ2n) is 5.52. The summed E-state index contributed by atoms with van der Waals surface area (Å²) < 4.78 is 0. The number of hydrogen-bond donors (Lipinski definition) is 2. The second-order valence-corrected chi connectivity index (χ2v) is 5.52. The fourth-order valence-corrected chi connectivity index (χ4v) is 3.18. The molecule has 2 rings (SSSR count). The Morgan fingerprint density at radius 1 is 1.33 bits per heavy atom. The van der Waals surface area contributed by atoms with Crippen LogP contribution >= 0.6 is 0 Å². The van der Waals surface area contributed by atoms with Crippen LogP contribution in [0, 0.1) is 5.41 Å². The molecule has 2 bridgehead atoms. The molecule has 0 aromatic heterocycles. The molecule has 2 heterocycles. The van der Waals surface area contributed by atoms with Crippen molar-refractivity contribution in [3.8, 4) is 0 Å². The van der Waals surface area contributed by atoms with Crippen molar-refractivity contribution in [2.24, 2.45) is 5.41 Å². The summed E-state index contributed by atoms with van der Waals surface area (Å²) >= 11 is 0. The van der Waals surface area contributed by atoms with Crippen molar-refractivity contribution in [2.75, 3.05) is 0 Å². The van der Waals surface area contributed by atoms with E-state index < -0.39 is 0 Å². The highest BCUT2D eigenvalue weighted by Crippen LogP contribution is 2.46. The zero-order valence-corrected chi connectivity index (χ0v) is 8.22. The van der Waals surface area contributed by atoms with Gasteiger partial charge in [0.05, 0.1) is 6.10 Å². The van der Waals surface area contributed by atoms with Crippen LogP contribution in [0.4, 0.5) is 0 Å². The van der Waals surface area contributed by atoms with Gasteiger partial charge in [0.15, 0.2) is 0 Å². The maximum absolute atomic E-state index is 9.65. The summed E-state index contributed by atoms with van der Waals surface area (Å²) in [5.74, 6) is 0. The van der Waals surface area contributed by atoms with Crippen molar-refractivity contribution in [3.63, 3.8) is 0 Å². The first-order valence-corrected chi connectivity index (χ1v) is 4.87. The van der Waals surface area contributed by atoms with Gasteiger partial charge >= 0.3 is 0 Å². The molecule has 2 nitrogen and oxygen atoms in total. The Bertz CT molecular complexity index is 202. The van der Waals surface area contributed by atoms with Crippen LogP contribution in [0.2, 0.25) is 0 Å². The smallest absolute Gasteiger partial charge is 0.0572 e. The summed E-state index contributed by atoms with van der Waals surface area (Å²) in [4.78, 5) is 0. The molecule has 2 fully saturated rings. The van der Waals surface area contributed by atoms with Crippen molar-refractivity contribution in [3.05, 3.63) is 0 Å². The minimum Gasteiger partial charge on any atom is -0.393 e. The molecule has 0 aromatic rings. The number of aliphatic hydroxyl groups is 1. The lowest BCUT2D eigenvalue weighted by molar-refractivity contribution is 0.0821. The first-order chi connectivity index (χ1) is 5.41. The number of piperidine rings is 1. The summed E-state index contributed by atoms with van der Waals surface area (Å²) in [5.41, 5.74) is 0.568. The van der Waals surface area contributed by atoms with E-state index in [1.54, 1.807) is 0 Å². The number of nitrogens with one attached hydrogen (secondary N) is 1.